The van der Waals surface area contributed by atoms with E-state index in [0.717, 1.165) is 65.1 Å². The molecule has 3 aromatic heterocycles. The van der Waals surface area contributed by atoms with Crippen LogP contribution in [0.15, 0.2) is 82.6 Å². The third kappa shape index (κ3) is 7.57. The maximum absolute atomic E-state index is 11.4. The standard InChI is InChI=1S/C45H47NO3S4/c1-4-7-9-10-12-30-13-17-33(18-14-30)46-35-19-15-31(23-29(6-3)11-8-5-2)24-37(35)51-38-25-32(16-20-36(38)46)44-42-43(49-22-21-48-42)45(53-44)41-27-40-39(52-41)26-34(28-47)50-40/h13-20,24-29H,4-12,21-23H2,1-3H3. The number of aryl methyl sites for hydroxylation is 1. The molecule has 5 heterocycles. The highest BCUT2D eigenvalue weighted by Crippen LogP contribution is 2.58. The van der Waals surface area contributed by atoms with Crippen molar-refractivity contribution in [3.63, 3.8) is 0 Å². The largest absolute Gasteiger partial charge is 0.485 e. The Hall–Kier alpha value is -3.56. The Labute approximate surface area is 330 Å². The summed E-state index contributed by atoms with van der Waals surface area (Å²) in [5.74, 6) is 2.40. The zero-order valence-corrected chi connectivity index (χ0v) is 34.1. The van der Waals surface area contributed by atoms with E-state index in [1.54, 1.807) is 34.0 Å². The Balaban J connectivity index is 1.17. The quantitative estimate of drug-likeness (QED) is 0.0766. The van der Waals surface area contributed by atoms with Crippen LogP contribution < -0.4 is 14.4 Å². The number of aldehydes is 1. The van der Waals surface area contributed by atoms with Gasteiger partial charge >= 0.3 is 0 Å². The van der Waals surface area contributed by atoms with Gasteiger partial charge in [-0.2, -0.15) is 0 Å². The zero-order valence-electron chi connectivity index (χ0n) is 30.9. The summed E-state index contributed by atoms with van der Waals surface area (Å²) in [5, 5.41) is 0. The first-order valence-electron chi connectivity index (χ1n) is 19.3. The minimum atomic E-state index is 0.535. The summed E-state index contributed by atoms with van der Waals surface area (Å²) in [6, 6.07) is 27.6. The fourth-order valence-electron chi connectivity index (χ4n) is 7.57. The molecule has 0 saturated carbocycles. The smallest absolute Gasteiger partial charge is 0.181 e. The number of anilines is 3. The fraction of sp³-hybridized carbons (Fsp3) is 0.356. The van der Waals surface area contributed by atoms with Crippen LogP contribution in [0.25, 0.3) is 29.6 Å². The number of hydrogen-bond donors (Lipinski definition) is 0. The van der Waals surface area contributed by atoms with Gasteiger partial charge in [0.25, 0.3) is 0 Å². The van der Waals surface area contributed by atoms with Gasteiger partial charge in [0, 0.05) is 24.9 Å². The van der Waals surface area contributed by atoms with Crippen LogP contribution in [0.4, 0.5) is 17.1 Å². The molecule has 8 rings (SSSR count). The Morgan fingerprint density at radius 2 is 1.43 bits per heavy atom. The summed E-state index contributed by atoms with van der Waals surface area (Å²) in [4.78, 5) is 20.5. The van der Waals surface area contributed by atoms with Gasteiger partial charge in [0.15, 0.2) is 17.8 Å². The fourth-order valence-corrected chi connectivity index (χ4v) is 12.2. The Bertz CT molecular complexity index is 2180. The second-order valence-corrected chi connectivity index (χ2v) is 18.5. The number of nitrogens with zero attached hydrogens (tertiary/aromatic N) is 1. The summed E-state index contributed by atoms with van der Waals surface area (Å²) < 4.78 is 15.0. The van der Waals surface area contributed by atoms with Gasteiger partial charge in [0.1, 0.15) is 13.2 Å². The van der Waals surface area contributed by atoms with Crippen molar-refractivity contribution in [3.8, 4) is 31.7 Å². The van der Waals surface area contributed by atoms with Gasteiger partial charge in [0.2, 0.25) is 0 Å². The van der Waals surface area contributed by atoms with Crippen LogP contribution in [-0.4, -0.2) is 19.5 Å². The monoisotopic (exact) mass is 777 g/mol. The molecule has 0 aliphatic carbocycles. The minimum Gasteiger partial charge on any atom is -0.485 e. The van der Waals surface area contributed by atoms with Crippen molar-refractivity contribution in [2.45, 2.75) is 94.8 Å². The summed E-state index contributed by atoms with van der Waals surface area (Å²) >= 11 is 6.89. The SMILES string of the molecule is CCCCCCc1ccc(N2c3ccc(CC(CC)CCCC)cc3Sc3cc(-c4sc(-c5cc6sc(C=O)cc6s5)c5c4OCCO5)ccc32)cc1. The van der Waals surface area contributed by atoms with Crippen molar-refractivity contribution in [2.75, 3.05) is 18.1 Å². The van der Waals surface area contributed by atoms with Crippen molar-refractivity contribution < 1.29 is 14.3 Å². The Morgan fingerprint density at radius 3 is 2.17 bits per heavy atom. The van der Waals surface area contributed by atoms with Gasteiger partial charge in [-0.1, -0.05) is 102 Å². The first-order valence-corrected chi connectivity index (χ1v) is 22.6. The molecule has 8 heteroatoms. The van der Waals surface area contributed by atoms with Crippen LogP contribution >= 0.6 is 45.8 Å². The molecule has 274 valence electrons. The molecule has 0 amide bonds. The molecule has 0 saturated heterocycles. The number of benzene rings is 3. The van der Waals surface area contributed by atoms with Crippen LogP contribution in [0.5, 0.6) is 11.5 Å². The lowest BCUT2D eigenvalue weighted by molar-refractivity contribution is 0.112. The Kier molecular flexibility index (Phi) is 11.3. The van der Waals surface area contributed by atoms with Crippen molar-refractivity contribution in [2.24, 2.45) is 5.92 Å². The number of carbonyl (C=O) groups excluding carboxylic acids is 1. The average Bonchev–Trinajstić information content (AvgIpc) is 3.89. The number of thiophene rings is 3. The molecular formula is C45H47NO3S4. The van der Waals surface area contributed by atoms with Crippen molar-refractivity contribution in [3.05, 3.63) is 88.8 Å². The average molecular weight is 778 g/mol. The lowest BCUT2D eigenvalue weighted by Gasteiger charge is -2.34. The zero-order chi connectivity index (χ0) is 36.3. The molecule has 0 spiro atoms. The third-order valence-corrected chi connectivity index (χ3v) is 15.2. The van der Waals surface area contributed by atoms with Crippen LogP contribution in [0, 0.1) is 5.92 Å². The molecule has 0 fully saturated rings. The molecule has 6 aromatic rings. The summed E-state index contributed by atoms with van der Waals surface area (Å²) in [6.07, 6.45) is 13.4. The van der Waals surface area contributed by atoms with Gasteiger partial charge in [-0.25, -0.2) is 0 Å². The predicted octanol–water partition coefficient (Wildman–Crippen LogP) is 14.8. The summed E-state index contributed by atoms with van der Waals surface area (Å²) in [7, 11) is 0. The first-order chi connectivity index (χ1) is 26.1. The minimum absolute atomic E-state index is 0.535. The maximum Gasteiger partial charge on any atom is 0.181 e. The topological polar surface area (TPSA) is 38.8 Å². The number of carbonyl (C=O) groups is 1. The molecule has 0 radical (unpaired) electrons. The first kappa shape index (κ1) is 36.4. The highest BCUT2D eigenvalue weighted by Gasteiger charge is 2.30. The molecule has 2 aliphatic heterocycles. The van der Waals surface area contributed by atoms with Gasteiger partial charge in [0.05, 0.1) is 30.9 Å². The molecule has 53 heavy (non-hydrogen) atoms. The molecule has 0 bridgehead atoms. The highest BCUT2D eigenvalue weighted by atomic mass is 32.2. The second kappa shape index (κ2) is 16.4. The van der Waals surface area contributed by atoms with Gasteiger partial charge in [-0.3, -0.25) is 4.79 Å². The van der Waals surface area contributed by atoms with Crippen molar-refractivity contribution >= 4 is 78.5 Å². The second-order valence-electron chi connectivity index (χ2n) is 14.2. The third-order valence-electron chi connectivity index (χ3n) is 10.5. The number of rotatable bonds is 15. The number of ether oxygens (including phenoxy) is 2. The van der Waals surface area contributed by atoms with Gasteiger partial charge < -0.3 is 14.4 Å². The van der Waals surface area contributed by atoms with E-state index in [-0.39, 0.29) is 0 Å². The van der Waals surface area contributed by atoms with Crippen molar-refractivity contribution in [1.29, 1.82) is 0 Å². The number of unbranched alkanes of at least 4 members (excludes halogenated alkanes) is 4. The van der Waals surface area contributed by atoms with E-state index in [9.17, 15) is 4.79 Å². The van der Waals surface area contributed by atoms with E-state index in [1.807, 2.05) is 17.8 Å². The molecule has 3 aromatic carbocycles. The van der Waals surface area contributed by atoms with E-state index in [0.29, 0.717) is 19.1 Å². The Morgan fingerprint density at radius 1 is 0.717 bits per heavy atom. The molecule has 1 unspecified atom stereocenters. The maximum atomic E-state index is 11.4. The van der Waals surface area contributed by atoms with E-state index >= 15 is 0 Å². The van der Waals surface area contributed by atoms with E-state index in [1.165, 1.54) is 89.3 Å². The van der Waals surface area contributed by atoms with Gasteiger partial charge in [-0.05, 0) is 90.4 Å². The number of fused-ring (bicyclic) bond motifs is 4. The normalized spacial score (nSPS) is 14.0. The lowest BCUT2D eigenvalue weighted by Crippen LogP contribution is -2.16. The molecule has 2 aliphatic rings. The predicted molar refractivity (Wildman–Crippen MR) is 228 cm³/mol. The lowest BCUT2D eigenvalue weighted by atomic mass is 9.92. The molecular weight excluding hydrogens is 731 g/mol. The van der Waals surface area contributed by atoms with Crippen LogP contribution in [0.3, 0.4) is 0 Å². The van der Waals surface area contributed by atoms with E-state index < -0.39 is 0 Å². The highest BCUT2D eigenvalue weighted by molar-refractivity contribution is 7.99. The molecule has 0 N–H and O–H groups in total. The van der Waals surface area contributed by atoms with Gasteiger partial charge in [-0.15, -0.1) is 34.0 Å². The van der Waals surface area contributed by atoms with Crippen LogP contribution in [-0.2, 0) is 12.8 Å². The molecule has 4 nitrogen and oxygen atoms in total. The molecule has 1 atom stereocenters. The summed E-state index contributed by atoms with van der Waals surface area (Å²) in [6.45, 7) is 7.98. The van der Waals surface area contributed by atoms with Crippen molar-refractivity contribution in [1.82, 2.24) is 0 Å². The van der Waals surface area contributed by atoms with E-state index in [2.05, 4.69) is 92.4 Å². The van der Waals surface area contributed by atoms with Crippen LogP contribution in [0.2, 0.25) is 0 Å². The van der Waals surface area contributed by atoms with Crippen LogP contribution in [0.1, 0.15) is 92.9 Å². The van der Waals surface area contributed by atoms with E-state index in [4.69, 9.17) is 9.47 Å². The number of hydrogen-bond acceptors (Lipinski definition) is 8. The summed E-state index contributed by atoms with van der Waals surface area (Å²) in [5.41, 5.74) is 7.64.